The van der Waals surface area contributed by atoms with E-state index in [9.17, 15) is 18.0 Å². The molecule has 2 aromatic rings. The number of pyridine rings is 1. The third-order valence-corrected chi connectivity index (χ3v) is 2.50. The predicted octanol–water partition coefficient (Wildman–Crippen LogP) is 0.987. The number of alkyl halides is 3. The van der Waals surface area contributed by atoms with Gasteiger partial charge in [-0.15, -0.1) is 0 Å². The van der Waals surface area contributed by atoms with Gasteiger partial charge in [-0.3, -0.25) is 4.79 Å². The van der Waals surface area contributed by atoms with Crippen LogP contribution >= 0.6 is 0 Å². The number of amides is 1. The molecule has 102 valence electrons. The zero-order valence-electron chi connectivity index (χ0n) is 9.55. The van der Waals surface area contributed by atoms with Crippen molar-refractivity contribution in [3.63, 3.8) is 0 Å². The zero-order valence-corrected chi connectivity index (χ0v) is 9.55. The van der Waals surface area contributed by atoms with Gasteiger partial charge in [0, 0.05) is 6.20 Å². The molecule has 19 heavy (non-hydrogen) atoms. The van der Waals surface area contributed by atoms with E-state index in [0.717, 1.165) is 0 Å². The first kappa shape index (κ1) is 13.3. The molecule has 2 heterocycles. The molecule has 5 nitrogen and oxygen atoms in total. The number of rotatable bonds is 3. The number of nitrogens with one attached hydrogen (secondary N) is 1. The minimum atomic E-state index is -4.76. The first-order valence-electron chi connectivity index (χ1n) is 5.35. The SMILES string of the molecule is O=C(NCC(O)C(F)(F)F)c1cnn2ccccc12. The van der Waals surface area contributed by atoms with E-state index in [2.05, 4.69) is 5.10 Å². The molecule has 0 aliphatic carbocycles. The van der Waals surface area contributed by atoms with Gasteiger partial charge >= 0.3 is 6.18 Å². The van der Waals surface area contributed by atoms with Crippen molar-refractivity contribution in [1.82, 2.24) is 14.9 Å². The van der Waals surface area contributed by atoms with Crippen molar-refractivity contribution in [3.8, 4) is 0 Å². The third kappa shape index (κ3) is 2.84. The lowest BCUT2D eigenvalue weighted by molar-refractivity contribution is -0.201. The van der Waals surface area contributed by atoms with E-state index in [4.69, 9.17) is 5.11 Å². The fourth-order valence-corrected chi connectivity index (χ4v) is 1.51. The lowest BCUT2D eigenvalue weighted by Gasteiger charge is -2.14. The lowest BCUT2D eigenvalue weighted by Crippen LogP contribution is -2.40. The number of hydrogen-bond donors (Lipinski definition) is 2. The molecule has 2 rings (SSSR count). The highest BCUT2D eigenvalue weighted by Crippen LogP contribution is 2.19. The van der Waals surface area contributed by atoms with E-state index in [0.29, 0.717) is 5.52 Å². The average molecular weight is 273 g/mol. The standard InChI is InChI=1S/C11H10F3N3O2/c12-11(13,14)9(18)6-15-10(19)7-5-16-17-4-2-1-3-8(7)17/h1-5,9,18H,6H2,(H,15,19). The summed E-state index contributed by atoms with van der Waals surface area (Å²) < 4.78 is 37.7. The van der Waals surface area contributed by atoms with Crippen molar-refractivity contribution in [2.24, 2.45) is 0 Å². The summed E-state index contributed by atoms with van der Waals surface area (Å²) in [5.74, 6) is -0.718. The molecule has 0 bridgehead atoms. The molecule has 2 N–H and O–H groups in total. The molecule has 1 atom stereocenters. The van der Waals surface area contributed by atoms with E-state index < -0.39 is 24.7 Å². The topological polar surface area (TPSA) is 66.6 Å². The van der Waals surface area contributed by atoms with E-state index in [-0.39, 0.29) is 5.56 Å². The Balaban J connectivity index is 2.09. The predicted molar refractivity (Wildman–Crippen MR) is 59.6 cm³/mol. The summed E-state index contributed by atoms with van der Waals surface area (Å²) in [4.78, 5) is 11.7. The molecule has 0 aromatic carbocycles. The molecule has 0 radical (unpaired) electrons. The van der Waals surface area contributed by atoms with Crippen LogP contribution < -0.4 is 5.32 Å². The van der Waals surface area contributed by atoms with Crippen LogP contribution in [0.4, 0.5) is 13.2 Å². The number of fused-ring (bicyclic) bond motifs is 1. The van der Waals surface area contributed by atoms with Crippen molar-refractivity contribution in [3.05, 3.63) is 36.2 Å². The van der Waals surface area contributed by atoms with E-state index in [1.807, 2.05) is 5.32 Å². The second kappa shape index (κ2) is 4.88. The van der Waals surface area contributed by atoms with Crippen LogP contribution in [0.3, 0.4) is 0 Å². The van der Waals surface area contributed by atoms with E-state index in [1.54, 1.807) is 24.4 Å². The minimum Gasteiger partial charge on any atom is -0.382 e. The average Bonchev–Trinajstić information content (AvgIpc) is 2.78. The van der Waals surface area contributed by atoms with Gasteiger partial charge < -0.3 is 10.4 Å². The number of nitrogens with zero attached hydrogens (tertiary/aromatic N) is 2. The Morgan fingerprint density at radius 3 is 2.89 bits per heavy atom. The molecule has 0 saturated heterocycles. The highest BCUT2D eigenvalue weighted by atomic mass is 19.4. The number of halogens is 3. The zero-order chi connectivity index (χ0) is 14.0. The van der Waals surface area contributed by atoms with Crippen molar-refractivity contribution >= 4 is 11.4 Å². The molecule has 0 saturated carbocycles. The second-order valence-electron chi connectivity index (χ2n) is 3.86. The number of carbonyl (C=O) groups is 1. The van der Waals surface area contributed by atoms with Gasteiger partial charge in [0.1, 0.15) is 0 Å². The largest absolute Gasteiger partial charge is 0.416 e. The van der Waals surface area contributed by atoms with Gasteiger partial charge in [-0.1, -0.05) is 6.07 Å². The van der Waals surface area contributed by atoms with Crippen molar-refractivity contribution in [1.29, 1.82) is 0 Å². The Morgan fingerprint density at radius 2 is 2.21 bits per heavy atom. The van der Waals surface area contributed by atoms with Crippen LogP contribution in [-0.2, 0) is 0 Å². The van der Waals surface area contributed by atoms with Crippen LogP contribution in [-0.4, -0.2) is 39.5 Å². The number of aliphatic hydroxyl groups excluding tert-OH is 1. The summed E-state index contributed by atoms with van der Waals surface area (Å²) >= 11 is 0. The van der Waals surface area contributed by atoms with Crippen LogP contribution in [0.25, 0.3) is 5.52 Å². The van der Waals surface area contributed by atoms with E-state index in [1.165, 1.54) is 10.7 Å². The Hall–Kier alpha value is -2.09. The molecule has 0 fully saturated rings. The summed E-state index contributed by atoms with van der Waals surface area (Å²) in [5.41, 5.74) is 0.622. The number of aliphatic hydroxyl groups is 1. The highest BCUT2D eigenvalue weighted by Gasteiger charge is 2.38. The first-order valence-corrected chi connectivity index (χ1v) is 5.35. The molecule has 2 aromatic heterocycles. The van der Waals surface area contributed by atoms with Crippen LogP contribution in [0.2, 0.25) is 0 Å². The van der Waals surface area contributed by atoms with Crippen LogP contribution in [0.1, 0.15) is 10.4 Å². The lowest BCUT2D eigenvalue weighted by atomic mass is 10.2. The highest BCUT2D eigenvalue weighted by molar-refractivity contribution is 6.00. The Bertz CT molecular complexity index is 594. The van der Waals surface area contributed by atoms with Gasteiger partial charge in [0.05, 0.1) is 23.8 Å². The first-order chi connectivity index (χ1) is 8.89. The maximum atomic E-state index is 12.1. The van der Waals surface area contributed by atoms with Gasteiger partial charge in [-0.2, -0.15) is 18.3 Å². The summed E-state index contributed by atoms with van der Waals surface area (Å²) in [6.07, 6.45) is -4.48. The Morgan fingerprint density at radius 1 is 1.47 bits per heavy atom. The molecule has 1 unspecified atom stereocenters. The summed E-state index contributed by atoms with van der Waals surface area (Å²) in [6, 6.07) is 5.00. The monoisotopic (exact) mass is 273 g/mol. The normalized spacial score (nSPS) is 13.5. The number of carbonyl (C=O) groups excluding carboxylic acids is 1. The summed E-state index contributed by atoms with van der Waals surface area (Å²) in [6.45, 7) is -0.896. The van der Waals surface area contributed by atoms with Crippen molar-refractivity contribution in [2.45, 2.75) is 12.3 Å². The Labute approximate surface area is 105 Å². The smallest absolute Gasteiger partial charge is 0.382 e. The fourth-order valence-electron chi connectivity index (χ4n) is 1.51. The summed E-state index contributed by atoms with van der Waals surface area (Å²) in [7, 11) is 0. The van der Waals surface area contributed by atoms with Crippen molar-refractivity contribution in [2.75, 3.05) is 6.54 Å². The number of hydrogen-bond acceptors (Lipinski definition) is 3. The second-order valence-corrected chi connectivity index (χ2v) is 3.86. The fraction of sp³-hybridized carbons (Fsp3) is 0.273. The number of aromatic nitrogens is 2. The minimum absolute atomic E-state index is 0.148. The molecular weight excluding hydrogens is 263 g/mol. The Kier molecular flexibility index (Phi) is 3.43. The van der Waals surface area contributed by atoms with Gasteiger partial charge in [0.15, 0.2) is 6.10 Å². The van der Waals surface area contributed by atoms with E-state index >= 15 is 0 Å². The molecule has 0 spiro atoms. The van der Waals surface area contributed by atoms with Gasteiger partial charge in [0.25, 0.3) is 5.91 Å². The molecule has 0 aliphatic rings. The van der Waals surface area contributed by atoms with Gasteiger partial charge in [-0.25, -0.2) is 4.52 Å². The molecular formula is C11H10F3N3O2. The van der Waals surface area contributed by atoms with Gasteiger partial charge in [0.2, 0.25) is 0 Å². The van der Waals surface area contributed by atoms with Crippen LogP contribution in [0.5, 0.6) is 0 Å². The quantitative estimate of drug-likeness (QED) is 0.876. The van der Waals surface area contributed by atoms with Gasteiger partial charge in [-0.05, 0) is 12.1 Å². The maximum absolute atomic E-state index is 12.1. The third-order valence-electron chi connectivity index (χ3n) is 2.50. The van der Waals surface area contributed by atoms with Crippen LogP contribution in [0.15, 0.2) is 30.6 Å². The molecule has 8 heteroatoms. The maximum Gasteiger partial charge on any atom is 0.416 e. The van der Waals surface area contributed by atoms with Crippen molar-refractivity contribution < 1.29 is 23.1 Å². The summed E-state index contributed by atoms with van der Waals surface area (Å²) in [5, 5.41) is 14.7. The molecule has 0 aliphatic heterocycles. The molecule has 1 amide bonds. The van der Waals surface area contributed by atoms with Crippen LogP contribution in [0, 0.1) is 0 Å².